The zero-order valence-corrected chi connectivity index (χ0v) is 18.5. The topological polar surface area (TPSA) is 142 Å². The van der Waals surface area contributed by atoms with Crippen LogP contribution in [0.25, 0.3) is 0 Å². The number of aliphatic carboxylic acids is 1. The van der Waals surface area contributed by atoms with E-state index in [4.69, 9.17) is 9.88 Å². The second kappa shape index (κ2) is 9.75. The second-order valence-corrected chi connectivity index (χ2v) is 10.4. The lowest BCUT2D eigenvalue weighted by Gasteiger charge is -2.33. The Morgan fingerprint density at radius 1 is 1.37 bits per heavy atom. The van der Waals surface area contributed by atoms with Gasteiger partial charge in [-0.1, -0.05) is 0 Å². The Hall–Kier alpha value is -1.50. The number of carboxylic acid groups (broad SMARTS) is 1. The highest BCUT2D eigenvalue weighted by atomic mass is 32.2. The zero-order valence-electron chi connectivity index (χ0n) is 16.9. The molecule has 2 aliphatic rings. The minimum absolute atomic E-state index is 0.206. The number of ether oxygens (including phenoxy) is 1. The molecule has 1 aliphatic carbocycles. The molecule has 1 aromatic heterocycles. The van der Waals surface area contributed by atoms with Crippen molar-refractivity contribution in [2.24, 2.45) is 5.14 Å². The van der Waals surface area contributed by atoms with Gasteiger partial charge >= 0.3 is 5.97 Å². The first-order chi connectivity index (χ1) is 14.1. The predicted molar refractivity (Wildman–Crippen MR) is 115 cm³/mol. The molecule has 3 rings (SSSR count). The van der Waals surface area contributed by atoms with Crippen LogP contribution in [0.15, 0.2) is 22.4 Å². The molecule has 0 radical (unpaired) electrons. The molecular formula is C19H29N3O6S2. The lowest BCUT2D eigenvalue weighted by Crippen LogP contribution is -2.42. The molecule has 0 aromatic carbocycles. The first kappa shape index (κ1) is 23.2. The molecule has 1 aromatic rings. The SMILES string of the molecule is CC(OC1C=C(C(=O)O)CCC1Nc1cscc1CN1CCC(O)CC1)S(N)(=O)=O. The number of likely N-dealkylation sites (tertiary alicyclic amines) is 1. The number of nitrogens with one attached hydrogen (secondary N) is 1. The van der Waals surface area contributed by atoms with E-state index in [0.717, 1.165) is 43.7 Å². The van der Waals surface area contributed by atoms with Crippen LogP contribution < -0.4 is 10.5 Å². The number of sulfonamides is 1. The van der Waals surface area contributed by atoms with Crippen LogP contribution in [0.5, 0.6) is 0 Å². The van der Waals surface area contributed by atoms with Crippen LogP contribution >= 0.6 is 11.3 Å². The average Bonchev–Trinajstić information content (AvgIpc) is 3.10. The fourth-order valence-corrected chi connectivity index (χ4v) is 4.80. The van der Waals surface area contributed by atoms with Crippen LogP contribution in [-0.2, 0) is 26.1 Å². The molecule has 1 saturated heterocycles. The highest BCUT2D eigenvalue weighted by molar-refractivity contribution is 7.89. The van der Waals surface area contributed by atoms with Gasteiger partial charge < -0.3 is 20.3 Å². The molecule has 1 fully saturated rings. The number of nitrogens with two attached hydrogens (primary N) is 1. The fourth-order valence-electron chi connectivity index (χ4n) is 3.73. The number of aliphatic hydroxyl groups excluding tert-OH is 1. The molecular weight excluding hydrogens is 430 g/mol. The number of rotatable bonds is 8. The monoisotopic (exact) mass is 459 g/mol. The maximum Gasteiger partial charge on any atom is 0.331 e. The van der Waals surface area contributed by atoms with Crippen LogP contribution in [0.3, 0.4) is 0 Å². The number of carbonyl (C=O) groups is 1. The summed E-state index contributed by atoms with van der Waals surface area (Å²) in [7, 11) is -3.91. The van der Waals surface area contributed by atoms with E-state index in [1.807, 2.05) is 5.38 Å². The van der Waals surface area contributed by atoms with Gasteiger partial charge in [-0.25, -0.2) is 18.4 Å². The first-order valence-corrected chi connectivity index (χ1v) is 12.5. The van der Waals surface area contributed by atoms with Crippen molar-refractivity contribution in [1.82, 2.24) is 4.90 Å². The van der Waals surface area contributed by atoms with Crippen LogP contribution in [0.2, 0.25) is 0 Å². The van der Waals surface area contributed by atoms with Gasteiger partial charge in [0.1, 0.15) is 0 Å². The molecule has 0 bridgehead atoms. The van der Waals surface area contributed by atoms with E-state index >= 15 is 0 Å². The highest BCUT2D eigenvalue weighted by Crippen LogP contribution is 2.30. The number of hydrogen-bond acceptors (Lipinski definition) is 8. The van der Waals surface area contributed by atoms with E-state index < -0.39 is 27.5 Å². The Labute approximate surface area is 180 Å². The molecule has 168 valence electrons. The largest absolute Gasteiger partial charge is 0.478 e. The summed E-state index contributed by atoms with van der Waals surface area (Å²) >= 11 is 1.56. The summed E-state index contributed by atoms with van der Waals surface area (Å²) < 4.78 is 28.9. The summed E-state index contributed by atoms with van der Waals surface area (Å²) in [5, 5.41) is 31.7. The van der Waals surface area contributed by atoms with E-state index in [2.05, 4.69) is 15.6 Å². The second-order valence-electron chi connectivity index (χ2n) is 7.86. The molecule has 0 saturated carbocycles. The van der Waals surface area contributed by atoms with E-state index in [1.54, 1.807) is 11.3 Å². The summed E-state index contributed by atoms with van der Waals surface area (Å²) in [6.45, 7) is 3.76. The zero-order chi connectivity index (χ0) is 21.9. The molecule has 11 heteroatoms. The van der Waals surface area contributed by atoms with Gasteiger partial charge in [0.15, 0.2) is 5.44 Å². The number of aliphatic hydroxyl groups is 1. The minimum Gasteiger partial charge on any atom is -0.478 e. The van der Waals surface area contributed by atoms with Crippen molar-refractivity contribution in [2.75, 3.05) is 18.4 Å². The standard InChI is InChI=1S/C19H29N3O6S2/c1-12(30(20,26)27)28-18-8-13(19(24)25)2-3-16(18)21-17-11-29-10-14(17)9-22-6-4-15(23)5-7-22/h8,10-12,15-16,18,21,23H,2-7,9H2,1H3,(H,24,25)(H2,20,26,27). The Bertz CT molecular complexity index is 877. The van der Waals surface area contributed by atoms with Crippen molar-refractivity contribution < 1.29 is 28.2 Å². The van der Waals surface area contributed by atoms with Crippen LogP contribution in [0, 0.1) is 0 Å². The van der Waals surface area contributed by atoms with Crippen molar-refractivity contribution in [3.8, 4) is 0 Å². The maximum absolute atomic E-state index is 11.6. The molecule has 0 spiro atoms. The van der Waals surface area contributed by atoms with Crippen molar-refractivity contribution >= 4 is 33.0 Å². The van der Waals surface area contributed by atoms with Crippen molar-refractivity contribution in [3.63, 3.8) is 0 Å². The number of piperidine rings is 1. The highest BCUT2D eigenvalue weighted by Gasteiger charge is 2.32. The van der Waals surface area contributed by atoms with Gasteiger partial charge in [-0.2, -0.15) is 0 Å². The van der Waals surface area contributed by atoms with Gasteiger partial charge in [0.2, 0.25) is 10.0 Å². The van der Waals surface area contributed by atoms with Crippen LogP contribution in [-0.4, -0.2) is 66.3 Å². The number of carboxylic acids is 1. The van der Waals surface area contributed by atoms with E-state index in [-0.39, 0.29) is 17.7 Å². The minimum atomic E-state index is -3.91. The quantitative estimate of drug-likeness (QED) is 0.456. The smallest absolute Gasteiger partial charge is 0.331 e. The maximum atomic E-state index is 11.6. The van der Waals surface area contributed by atoms with Gasteiger partial charge in [-0.05, 0) is 49.6 Å². The van der Waals surface area contributed by atoms with Crippen LogP contribution in [0.4, 0.5) is 5.69 Å². The van der Waals surface area contributed by atoms with E-state index in [1.165, 1.54) is 13.0 Å². The summed E-state index contributed by atoms with van der Waals surface area (Å²) in [5.74, 6) is -1.03. The normalized spacial score (nSPS) is 25.0. The Morgan fingerprint density at radius 2 is 2.07 bits per heavy atom. The molecule has 3 atom stereocenters. The summed E-state index contributed by atoms with van der Waals surface area (Å²) in [6, 6.07) is -0.283. The van der Waals surface area contributed by atoms with Gasteiger partial charge in [0.05, 0.1) is 18.2 Å². The van der Waals surface area contributed by atoms with E-state index in [0.29, 0.717) is 12.8 Å². The number of primary sulfonamides is 1. The molecule has 0 amide bonds. The number of nitrogens with zero attached hydrogens (tertiary/aromatic N) is 1. The third kappa shape index (κ3) is 6.02. The Morgan fingerprint density at radius 3 is 2.70 bits per heavy atom. The first-order valence-electron chi connectivity index (χ1n) is 9.96. The lowest BCUT2D eigenvalue weighted by atomic mass is 9.92. The van der Waals surface area contributed by atoms with E-state index in [9.17, 15) is 23.4 Å². The molecule has 1 aliphatic heterocycles. The molecule has 5 N–H and O–H groups in total. The van der Waals surface area contributed by atoms with Gasteiger partial charge in [0.25, 0.3) is 0 Å². The molecule has 9 nitrogen and oxygen atoms in total. The summed E-state index contributed by atoms with van der Waals surface area (Å²) in [5.41, 5.74) is 0.998. The summed E-state index contributed by atoms with van der Waals surface area (Å²) in [6.07, 6.45) is 2.89. The third-order valence-electron chi connectivity index (χ3n) is 5.61. The molecule has 30 heavy (non-hydrogen) atoms. The van der Waals surface area contributed by atoms with Gasteiger partial charge in [-0.15, -0.1) is 11.3 Å². The van der Waals surface area contributed by atoms with Gasteiger partial charge in [0, 0.05) is 36.3 Å². The fraction of sp³-hybridized carbons (Fsp3) is 0.632. The molecule has 2 heterocycles. The summed E-state index contributed by atoms with van der Waals surface area (Å²) in [4.78, 5) is 13.7. The average molecular weight is 460 g/mol. The van der Waals surface area contributed by atoms with Crippen molar-refractivity contribution in [3.05, 3.63) is 28.0 Å². The number of thiophene rings is 1. The Balaban J connectivity index is 1.72. The molecule has 3 unspecified atom stereocenters. The lowest BCUT2D eigenvalue weighted by molar-refractivity contribution is -0.133. The van der Waals surface area contributed by atoms with Crippen molar-refractivity contribution in [1.29, 1.82) is 0 Å². The van der Waals surface area contributed by atoms with Crippen LogP contribution in [0.1, 0.15) is 38.2 Å². The predicted octanol–water partition coefficient (Wildman–Crippen LogP) is 1.31. The number of hydrogen-bond donors (Lipinski definition) is 4. The number of anilines is 1. The third-order valence-corrected chi connectivity index (χ3v) is 7.44. The van der Waals surface area contributed by atoms with Crippen molar-refractivity contribution in [2.45, 2.75) is 62.8 Å². The Kier molecular flexibility index (Phi) is 7.53. The van der Waals surface area contributed by atoms with Gasteiger partial charge in [-0.3, -0.25) is 4.90 Å².